The Morgan fingerprint density at radius 3 is 2.63 bits per heavy atom. The maximum absolute atomic E-state index is 12.0. The molecular formula is C13H24N2O3S. The van der Waals surface area contributed by atoms with Crippen molar-refractivity contribution in [2.24, 2.45) is 11.7 Å². The number of hydrogen-bond acceptors (Lipinski definition) is 4. The normalized spacial score (nSPS) is 26.1. The van der Waals surface area contributed by atoms with Gasteiger partial charge in [-0.05, 0) is 46.0 Å². The van der Waals surface area contributed by atoms with E-state index in [9.17, 15) is 9.35 Å². The smallest absolute Gasteiger partial charge is 0.404 e. The molecule has 0 radical (unpaired) electrons. The molecule has 1 fully saturated rings. The van der Waals surface area contributed by atoms with E-state index in [1.165, 1.54) is 0 Å². The Labute approximate surface area is 118 Å². The van der Waals surface area contributed by atoms with E-state index in [0.717, 1.165) is 19.3 Å². The Balaban J connectivity index is 2.31. The first-order valence-corrected chi connectivity index (χ1v) is 7.64. The largest absolute Gasteiger partial charge is 0.598 e. The number of rotatable bonds is 6. The standard InChI is InChI=1S/C13H24N2O3S/c1-5-10(15-19(17)13(2,3)4)6-9-7-11(8-9)18-12(14)16/h5,9-11,15H,1,6-8H2,2-4H3,(H2,14,16). The fraction of sp³-hybridized carbons (Fsp3) is 0.769. The summed E-state index contributed by atoms with van der Waals surface area (Å²) in [7, 11) is 0. The predicted octanol–water partition coefficient (Wildman–Crippen LogP) is 1.86. The van der Waals surface area contributed by atoms with Gasteiger partial charge in [0.1, 0.15) is 10.9 Å². The predicted molar refractivity (Wildman–Crippen MR) is 76.8 cm³/mol. The Morgan fingerprint density at radius 1 is 1.63 bits per heavy atom. The van der Waals surface area contributed by atoms with Crippen LogP contribution in [0.4, 0.5) is 4.79 Å². The lowest BCUT2D eigenvalue weighted by atomic mass is 9.78. The Bertz CT molecular complexity index is 324. The molecule has 0 bridgehead atoms. The van der Waals surface area contributed by atoms with Gasteiger partial charge < -0.3 is 15.0 Å². The third-order valence-corrected chi connectivity index (χ3v) is 4.79. The van der Waals surface area contributed by atoms with Gasteiger partial charge in [-0.15, -0.1) is 11.3 Å². The van der Waals surface area contributed by atoms with Crippen molar-refractivity contribution in [3.63, 3.8) is 0 Å². The van der Waals surface area contributed by atoms with Crippen LogP contribution >= 0.6 is 0 Å². The van der Waals surface area contributed by atoms with E-state index in [1.54, 1.807) is 6.08 Å². The van der Waals surface area contributed by atoms with Gasteiger partial charge in [-0.1, -0.05) is 6.08 Å². The molecule has 19 heavy (non-hydrogen) atoms. The van der Waals surface area contributed by atoms with Crippen molar-refractivity contribution >= 4 is 17.5 Å². The number of hydrogen-bond donors (Lipinski definition) is 2. The van der Waals surface area contributed by atoms with Crippen LogP contribution in [0, 0.1) is 5.92 Å². The van der Waals surface area contributed by atoms with Crippen LogP contribution in [0.1, 0.15) is 40.0 Å². The van der Waals surface area contributed by atoms with Gasteiger partial charge in [0, 0.05) is 11.4 Å². The second-order valence-corrected chi connectivity index (χ2v) is 7.97. The van der Waals surface area contributed by atoms with Crippen LogP contribution in [0.2, 0.25) is 0 Å². The van der Waals surface area contributed by atoms with Gasteiger partial charge in [-0.2, -0.15) is 0 Å². The minimum Gasteiger partial charge on any atom is -0.598 e. The van der Waals surface area contributed by atoms with E-state index in [1.807, 2.05) is 20.8 Å². The summed E-state index contributed by atoms with van der Waals surface area (Å²) in [6.07, 6.45) is 3.50. The Kier molecular flexibility index (Phi) is 5.70. The summed E-state index contributed by atoms with van der Waals surface area (Å²) in [4.78, 5) is 10.6. The second kappa shape index (κ2) is 6.63. The fourth-order valence-corrected chi connectivity index (χ4v) is 2.81. The van der Waals surface area contributed by atoms with Gasteiger partial charge in [0.2, 0.25) is 0 Å². The van der Waals surface area contributed by atoms with Crippen molar-refractivity contribution in [3.05, 3.63) is 12.7 Å². The number of primary amides is 1. The van der Waals surface area contributed by atoms with Crippen molar-refractivity contribution in [3.8, 4) is 0 Å². The van der Waals surface area contributed by atoms with Gasteiger partial charge in [0.05, 0.1) is 6.04 Å². The van der Waals surface area contributed by atoms with Crippen LogP contribution in [-0.4, -0.2) is 27.5 Å². The molecule has 0 aromatic rings. The van der Waals surface area contributed by atoms with Crippen LogP contribution < -0.4 is 10.5 Å². The molecule has 2 unspecified atom stereocenters. The molecule has 6 heteroatoms. The quantitative estimate of drug-likeness (QED) is 0.577. The molecule has 0 aromatic heterocycles. The SMILES string of the molecule is C=CC(CC1CC(OC(N)=O)C1)N[S+]([O-])C(C)(C)C. The van der Waals surface area contributed by atoms with E-state index in [4.69, 9.17) is 10.5 Å². The van der Waals surface area contributed by atoms with Crippen LogP contribution in [0.3, 0.4) is 0 Å². The first-order chi connectivity index (χ1) is 8.72. The average Bonchev–Trinajstić information content (AvgIpc) is 2.22. The molecule has 110 valence electrons. The summed E-state index contributed by atoms with van der Waals surface area (Å²) >= 11 is -1.11. The summed E-state index contributed by atoms with van der Waals surface area (Å²) < 4.78 is 19.7. The topological polar surface area (TPSA) is 87.4 Å². The minimum absolute atomic E-state index is 0.0135. The lowest BCUT2D eigenvalue weighted by Gasteiger charge is -2.36. The molecule has 0 aromatic carbocycles. The van der Waals surface area contributed by atoms with E-state index in [-0.39, 0.29) is 16.9 Å². The molecule has 0 aliphatic heterocycles. The van der Waals surface area contributed by atoms with Gasteiger partial charge in [-0.25, -0.2) is 4.79 Å². The molecule has 2 atom stereocenters. The Hall–Kier alpha value is -0.720. The fourth-order valence-electron chi connectivity index (χ4n) is 1.99. The van der Waals surface area contributed by atoms with Crippen molar-refractivity contribution in [2.45, 2.75) is 56.9 Å². The van der Waals surface area contributed by atoms with E-state index in [2.05, 4.69) is 11.3 Å². The zero-order valence-corrected chi connectivity index (χ0v) is 12.7. The summed E-state index contributed by atoms with van der Waals surface area (Å²) in [5, 5.41) is 0. The zero-order valence-electron chi connectivity index (χ0n) is 11.8. The highest BCUT2D eigenvalue weighted by molar-refractivity contribution is 7.90. The highest BCUT2D eigenvalue weighted by Gasteiger charge is 2.35. The molecule has 0 heterocycles. The third-order valence-electron chi connectivity index (χ3n) is 3.16. The first-order valence-electron chi connectivity index (χ1n) is 6.49. The maximum atomic E-state index is 12.0. The number of ether oxygens (including phenoxy) is 1. The van der Waals surface area contributed by atoms with Crippen LogP contribution in [0.25, 0.3) is 0 Å². The molecule has 5 nitrogen and oxygen atoms in total. The monoisotopic (exact) mass is 288 g/mol. The number of nitrogens with two attached hydrogens (primary N) is 1. The molecule has 1 saturated carbocycles. The lowest BCUT2D eigenvalue weighted by Crippen LogP contribution is -2.46. The van der Waals surface area contributed by atoms with Gasteiger partial charge in [0.25, 0.3) is 0 Å². The Morgan fingerprint density at radius 2 is 2.21 bits per heavy atom. The van der Waals surface area contributed by atoms with Crippen molar-refractivity contribution in [1.82, 2.24) is 4.72 Å². The second-order valence-electron chi connectivity index (χ2n) is 5.97. The number of nitrogens with one attached hydrogen (secondary N) is 1. The molecule has 1 amide bonds. The minimum atomic E-state index is -1.11. The van der Waals surface area contributed by atoms with Crippen LogP contribution in [-0.2, 0) is 16.1 Å². The van der Waals surface area contributed by atoms with Crippen molar-refractivity contribution in [1.29, 1.82) is 0 Å². The summed E-state index contributed by atoms with van der Waals surface area (Å²) in [5.41, 5.74) is 4.96. The zero-order chi connectivity index (χ0) is 14.6. The van der Waals surface area contributed by atoms with Gasteiger partial charge in [-0.3, -0.25) is 0 Å². The maximum Gasteiger partial charge on any atom is 0.404 e. The summed E-state index contributed by atoms with van der Waals surface area (Å²) in [6, 6.07) is 0.0135. The van der Waals surface area contributed by atoms with Crippen LogP contribution in [0.15, 0.2) is 12.7 Å². The molecule has 3 N–H and O–H groups in total. The summed E-state index contributed by atoms with van der Waals surface area (Å²) in [6.45, 7) is 9.55. The highest BCUT2D eigenvalue weighted by Crippen LogP contribution is 2.34. The van der Waals surface area contributed by atoms with E-state index >= 15 is 0 Å². The highest BCUT2D eigenvalue weighted by atomic mass is 32.2. The third kappa shape index (κ3) is 5.42. The molecule has 1 aliphatic carbocycles. The molecule has 1 aliphatic rings. The van der Waals surface area contributed by atoms with Gasteiger partial charge in [0.15, 0.2) is 0 Å². The number of carbonyl (C=O) groups excluding carboxylic acids is 1. The van der Waals surface area contributed by atoms with Gasteiger partial charge >= 0.3 is 6.09 Å². The average molecular weight is 288 g/mol. The molecule has 0 spiro atoms. The van der Waals surface area contributed by atoms with E-state index in [0.29, 0.717) is 5.92 Å². The van der Waals surface area contributed by atoms with Crippen LogP contribution in [0.5, 0.6) is 0 Å². The van der Waals surface area contributed by atoms with Crippen molar-refractivity contribution in [2.75, 3.05) is 0 Å². The molecular weight excluding hydrogens is 264 g/mol. The van der Waals surface area contributed by atoms with Crippen molar-refractivity contribution < 1.29 is 14.1 Å². The lowest BCUT2D eigenvalue weighted by molar-refractivity contribution is 0.0183. The molecule has 0 saturated heterocycles. The summed E-state index contributed by atoms with van der Waals surface area (Å²) in [5.74, 6) is 0.455. The van der Waals surface area contributed by atoms with E-state index < -0.39 is 17.5 Å². The first kappa shape index (κ1) is 16.3. The number of carbonyl (C=O) groups is 1. The molecule has 1 rings (SSSR count). The number of amides is 1.